The minimum absolute atomic E-state index is 0.0115. The van der Waals surface area contributed by atoms with Crippen molar-refractivity contribution in [3.8, 4) is 6.07 Å². The number of aryl methyl sites for hydroxylation is 2. The number of nitrogens with zero attached hydrogens (tertiary/aromatic N) is 4. The van der Waals surface area contributed by atoms with Gasteiger partial charge in [0.1, 0.15) is 5.82 Å². The number of nitrogens with one attached hydrogen (secondary N) is 1. The third kappa shape index (κ3) is 4.22. The Kier molecular flexibility index (Phi) is 5.61. The monoisotopic (exact) mass is 289 g/mol. The van der Waals surface area contributed by atoms with E-state index >= 15 is 0 Å². The van der Waals surface area contributed by atoms with E-state index in [0.29, 0.717) is 13.1 Å². The lowest BCUT2D eigenvalue weighted by Gasteiger charge is -2.29. The summed E-state index contributed by atoms with van der Waals surface area (Å²) in [6.45, 7) is 4.91. The molecular weight excluding hydrogens is 266 g/mol. The van der Waals surface area contributed by atoms with Gasteiger partial charge in [-0.05, 0) is 19.3 Å². The van der Waals surface area contributed by atoms with Crippen LogP contribution in [-0.4, -0.2) is 40.1 Å². The molecule has 0 unspecified atom stereocenters. The fourth-order valence-corrected chi connectivity index (χ4v) is 2.68. The fourth-order valence-electron chi connectivity index (χ4n) is 2.68. The molecule has 2 heterocycles. The average molecular weight is 289 g/mol. The van der Waals surface area contributed by atoms with Crippen molar-refractivity contribution in [1.29, 1.82) is 5.26 Å². The van der Waals surface area contributed by atoms with Gasteiger partial charge in [-0.2, -0.15) is 5.26 Å². The van der Waals surface area contributed by atoms with Crippen LogP contribution in [0, 0.1) is 17.2 Å². The number of imidazole rings is 1. The van der Waals surface area contributed by atoms with Gasteiger partial charge in [-0.1, -0.05) is 6.92 Å². The van der Waals surface area contributed by atoms with Crippen LogP contribution in [0.1, 0.15) is 32.0 Å². The summed E-state index contributed by atoms with van der Waals surface area (Å²) in [5.74, 6) is 1.07. The minimum atomic E-state index is -0.0451. The molecule has 6 nitrogen and oxygen atoms in total. The summed E-state index contributed by atoms with van der Waals surface area (Å²) in [5, 5.41) is 11.9. The summed E-state index contributed by atoms with van der Waals surface area (Å²) in [7, 11) is 0. The highest BCUT2D eigenvalue weighted by Crippen LogP contribution is 2.15. The number of carbonyl (C=O) groups is 1. The first-order valence-electron chi connectivity index (χ1n) is 7.67. The van der Waals surface area contributed by atoms with E-state index in [0.717, 1.165) is 44.6 Å². The maximum atomic E-state index is 12.0. The zero-order valence-corrected chi connectivity index (χ0v) is 12.6. The first kappa shape index (κ1) is 15.4. The van der Waals surface area contributed by atoms with Gasteiger partial charge in [0.25, 0.3) is 0 Å². The molecule has 1 aliphatic heterocycles. The number of urea groups is 1. The minimum Gasteiger partial charge on any atom is -0.338 e. The molecule has 1 atom stereocenters. The lowest BCUT2D eigenvalue weighted by molar-refractivity contribution is 0.176. The molecule has 21 heavy (non-hydrogen) atoms. The number of carbonyl (C=O) groups excluding carboxylic acids is 1. The van der Waals surface area contributed by atoms with Gasteiger partial charge in [0.2, 0.25) is 0 Å². The first-order chi connectivity index (χ1) is 10.2. The van der Waals surface area contributed by atoms with Crippen molar-refractivity contribution >= 4 is 6.03 Å². The van der Waals surface area contributed by atoms with Crippen molar-refractivity contribution in [3.63, 3.8) is 0 Å². The van der Waals surface area contributed by atoms with Gasteiger partial charge in [-0.3, -0.25) is 0 Å². The Hall–Kier alpha value is -2.03. The second kappa shape index (κ2) is 7.67. The molecule has 114 valence electrons. The normalized spacial score (nSPS) is 18.3. The summed E-state index contributed by atoms with van der Waals surface area (Å²) in [4.78, 5) is 18.1. The van der Waals surface area contributed by atoms with Crippen LogP contribution >= 0.6 is 0 Å². The third-order valence-corrected chi connectivity index (χ3v) is 3.86. The molecule has 1 fully saturated rings. The smallest absolute Gasteiger partial charge is 0.317 e. The summed E-state index contributed by atoms with van der Waals surface area (Å²) >= 11 is 0. The van der Waals surface area contributed by atoms with Crippen LogP contribution in [0.3, 0.4) is 0 Å². The van der Waals surface area contributed by atoms with Gasteiger partial charge in [0.05, 0.1) is 12.0 Å². The molecule has 0 aromatic carbocycles. The number of hydrogen-bond donors (Lipinski definition) is 1. The molecule has 1 aromatic heterocycles. The molecule has 0 bridgehead atoms. The third-order valence-electron chi connectivity index (χ3n) is 3.86. The van der Waals surface area contributed by atoms with Crippen molar-refractivity contribution in [3.05, 3.63) is 18.2 Å². The molecule has 1 aliphatic rings. The standard InChI is InChI=1S/C15H23N5O/c1-2-14-17-7-10-19(14)9-4-6-18-15(21)20-8-3-5-13(11-16)12-20/h7,10,13H,2-6,8-9,12H2,1H3,(H,18,21)/t13-/m1/s1. The summed E-state index contributed by atoms with van der Waals surface area (Å²) in [6, 6.07) is 2.21. The van der Waals surface area contributed by atoms with Crippen molar-refractivity contribution in [1.82, 2.24) is 19.8 Å². The molecule has 0 saturated carbocycles. The first-order valence-corrected chi connectivity index (χ1v) is 7.67. The zero-order chi connectivity index (χ0) is 15.1. The van der Waals surface area contributed by atoms with E-state index in [9.17, 15) is 4.79 Å². The van der Waals surface area contributed by atoms with E-state index < -0.39 is 0 Å². The summed E-state index contributed by atoms with van der Waals surface area (Å²) in [5.41, 5.74) is 0. The van der Waals surface area contributed by atoms with Gasteiger partial charge in [-0.25, -0.2) is 9.78 Å². The lowest BCUT2D eigenvalue weighted by atomic mass is 10.0. The van der Waals surface area contributed by atoms with Crippen LogP contribution in [0.2, 0.25) is 0 Å². The molecule has 1 saturated heterocycles. The van der Waals surface area contributed by atoms with Crippen molar-refractivity contribution < 1.29 is 4.79 Å². The molecule has 0 aliphatic carbocycles. The molecule has 0 radical (unpaired) electrons. The molecule has 0 spiro atoms. The van der Waals surface area contributed by atoms with Crippen LogP contribution < -0.4 is 5.32 Å². The number of aromatic nitrogens is 2. The van der Waals surface area contributed by atoms with Crippen LogP contribution in [0.5, 0.6) is 0 Å². The summed E-state index contributed by atoms with van der Waals surface area (Å²) in [6.07, 6.45) is 7.41. The number of amides is 2. The Morgan fingerprint density at radius 2 is 2.48 bits per heavy atom. The Morgan fingerprint density at radius 3 is 3.24 bits per heavy atom. The van der Waals surface area contributed by atoms with Crippen LogP contribution in [0.4, 0.5) is 4.79 Å². The summed E-state index contributed by atoms with van der Waals surface area (Å²) < 4.78 is 2.12. The quantitative estimate of drug-likeness (QED) is 0.840. The molecule has 2 rings (SSSR count). The maximum Gasteiger partial charge on any atom is 0.317 e. The second-order valence-corrected chi connectivity index (χ2v) is 5.39. The number of hydrogen-bond acceptors (Lipinski definition) is 3. The van der Waals surface area contributed by atoms with Crippen molar-refractivity contribution in [2.45, 2.75) is 39.2 Å². The number of nitriles is 1. The largest absolute Gasteiger partial charge is 0.338 e. The lowest BCUT2D eigenvalue weighted by Crippen LogP contribution is -2.45. The highest BCUT2D eigenvalue weighted by atomic mass is 16.2. The van der Waals surface area contributed by atoms with E-state index in [4.69, 9.17) is 5.26 Å². The van der Waals surface area contributed by atoms with Crippen LogP contribution in [-0.2, 0) is 13.0 Å². The van der Waals surface area contributed by atoms with Crippen LogP contribution in [0.25, 0.3) is 0 Å². The average Bonchev–Trinajstić information content (AvgIpc) is 2.98. The number of rotatable bonds is 5. The van der Waals surface area contributed by atoms with E-state index in [2.05, 4.69) is 27.9 Å². The maximum absolute atomic E-state index is 12.0. The highest BCUT2D eigenvalue weighted by Gasteiger charge is 2.22. The van der Waals surface area contributed by atoms with Gasteiger partial charge in [0.15, 0.2) is 0 Å². The zero-order valence-electron chi connectivity index (χ0n) is 12.6. The van der Waals surface area contributed by atoms with Crippen molar-refractivity contribution in [2.24, 2.45) is 5.92 Å². The van der Waals surface area contributed by atoms with Gasteiger partial charge in [-0.15, -0.1) is 0 Å². The van der Waals surface area contributed by atoms with Gasteiger partial charge in [0, 0.05) is 45.0 Å². The van der Waals surface area contributed by atoms with E-state index in [1.165, 1.54) is 0 Å². The fraction of sp³-hybridized carbons (Fsp3) is 0.667. The number of likely N-dealkylation sites (tertiary alicyclic amines) is 1. The Morgan fingerprint density at radius 1 is 1.62 bits per heavy atom. The van der Waals surface area contributed by atoms with E-state index in [1.54, 1.807) is 4.90 Å². The van der Waals surface area contributed by atoms with E-state index in [-0.39, 0.29) is 11.9 Å². The topological polar surface area (TPSA) is 74.0 Å². The molecule has 2 amide bonds. The molecule has 6 heteroatoms. The second-order valence-electron chi connectivity index (χ2n) is 5.39. The Labute approximate surface area is 125 Å². The highest BCUT2D eigenvalue weighted by molar-refractivity contribution is 5.74. The SMILES string of the molecule is CCc1nccn1CCCNC(=O)N1CCC[C@H](C#N)C1. The van der Waals surface area contributed by atoms with Gasteiger partial charge < -0.3 is 14.8 Å². The van der Waals surface area contributed by atoms with Crippen LogP contribution in [0.15, 0.2) is 12.4 Å². The predicted molar refractivity (Wildman–Crippen MR) is 79.5 cm³/mol. The Balaban J connectivity index is 1.69. The van der Waals surface area contributed by atoms with Gasteiger partial charge >= 0.3 is 6.03 Å². The molecular formula is C15H23N5O. The molecule has 1 N–H and O–H groups in total. The van der Waals surface area contributed by atoms with E-state index in [1.807, 2.05) is 12.4 Å². The Bertz CT molecular complexity index is 504. The number of piperidine rings is 1. The predicted octanol–water partition coefficient (Wildman–Crippen LogP) is 1.78. The molecule has 1 aromatic rings. The van der Waals surface area contributed by atoms with Crippen molar-refractivity contribution in [2.75, 3.05) is 19.6 Å².